The average Bonchev–Trinajstić information content (AvgIpc) is 3.20. The van der Waals surface area contributed by atoms with Crippen LogP contribution in [0, 0.1) is 0 Å². The van der Waals surface area contributed by atoms with Crippen molar-refractivity contribution in [2.75, 3.05) is 31.1 Å². The third kappa shape index (κ3) is 3.24. The summed E-state index contributed by atoms with van der Waals surface area (Å²) in [6.07, 6.45) is 5.23. The molecule has 0 bridgehead atoms. The van der Waals surface area contributed by atoms with Gasteiger partial charge in [0.05, 0.1) is 11.1 Å². The third-order valence-electron chi connectivity index (χ3n) is 5.49. The molecule has 0 spiro atoms. The van der Waals surface area contributed by atoms with Crippen LogP contribution in [0.15, 0.2) is 73.2 Å². The molecule has 1 aliphatic rings. The normalized spacial score (nSPS) is 14.3. The Labute approximate surface area is 173 Å². The molecule has 0 unspecified atom stereocenters. The number of benzene rings is 2. The van der Waals surface area contributed by atoms with Crippen molar-refractivity contribution in [3.8, 4) is 11.7 Å². The molecule has 0 aliphatic carbocycles. The number of hydrogen-bond acceptors (Lipinski definition) is 5. The molecule has 3 heterocycles. The number of rotatable bonds is 3. The van der Waals surface area contributed by atoms with Gasteiger partial charge in [0.15, 0.2) is 0 Å². The van der Waals surface area contributed by atoms with Crippen LogP contribution in [0.3, 0.4) is 0 Å². The zero-order valence-electron chi connectivity index (χ0n) is 16.3. The monoisotopic (exact) mass is 399 g/mol. The van der Waals surface area contributed by atoms with E-state index in [2.05, 4.69) is 14.9 Å². The van der Waals surface area contributed by atoms with Gasteiger partial charge < -0.3 is 14.9 Å². The Kier molecular flexibility index (Phi) is 4.55. The van der Waals surface area contributed by atoms with E-state index < -0.39 is 0 Å². The quantitative estimate of drug-likeness (QED) is 0.573. The fourth-order valence-corrected chi connectivity index (χ4v) is 3.93. The largest absolute Gasteiger partial charge is 0.508 e. The molecule has 1 N–H and O–H groups in total. The first kappa shape index (κ1) is 18.2. The number of aromatic nitrogens is 3. The molecule has 2 aromatic carbocycles. The molecule has 0 atom stereocenters. The molecular weight excluding hydrogens is 378 g/mol. The van der Waals surface area contributed by atoms with E-state index in [1.807, 2.05) is 52.1 Å². The molecule has 30 heavy (non-hydrogen) atoms. The van der Waals surface area contributed by atoms with Gasteiger partial charge in [0.2, 0.25) is 5.95 Å². The number of fused-ring (bicyclic) bond motifs is 1. The van der Waals surface area contributed by atoms with Gasteiger partial charge in [-0.15, -0.1) is 0 Å². The minimum atomic E-state index is 0.0197. The van der Waals surface area contributed by atoms with E-state index in [0.717, 1.165) is 29.7 Å². The van der Waals surface area contributed by atoms with E-state index in [9.17, 15) is 9.90 Å². The van der Waals surface area contributed by atoms with E-state index in [0.29, 0.717) is 24.6 Å². The highest BCUT2D eigenvalue weighted by Gasteiger charge is 2.25. The summed E-state index contributed by atoms with van der Waals surface area (Å²) < 4.78 is 1.87. The summed E-state index contributed by atoms with van der Waals surface area (Å²) in [5, 5.41) is 10.4. The number of phenols is 1. The first-order valence-electron chi connectivity index (χ1n) is 9.91. The highest BCUT2D eigenvalue weighted by molar-refractivity contribution is 6.07. The lowest BCUT2D eigenvalue weighted by Crippen LogP contribution is -2.48. The number of anilines is 1. The Morgan fingerprint density at radius 1 is 0.867 bits per heavy atom. The van der Waals surface area contributed by atoms with Gasteiger partial charge in [-0.1, -0.05) is 18.2 Å². The van der Waals surface area contributed by atoms with E-state index >= 15 is 0 Å². The van der Waals surface area contributed by atoms with E-state index in [1.165, 1.54) is 0 Å². The van der Waals surface area contributed by atoms with Crippen LogP contribution >= 0.6 is 0 Å². The van der Waals surface area contributed by atoms with E-state index in [-0.39, 0.29) is 11.7 Å². The molecule has 1 saturated heterocycles. The van der Waals surface area contributed by atoms with E-state index in [4.69, 9.17) is 0 Å². The Morgan fingerprint density at radius 2 is 1.57 bits per heavy atom. The Balaban J connectivity index is 1.40. The van der Waals surface area contributed by atoms with Crippen LogP contribution < -0.4 is 4.90 Å². The molecule has 1 amide bonds. The Bertz CT molecular complexity index is 1180. The van der Waals surface area contributed by atoms with Crippen LogP contribution in [-0.2, 0) is 0 Å². The number of hydrogen-bond donors (Lipinski definition) is 1. The number of carbonyl (C=O) groups is 1. The van der Waals surface area contributed by atoms with Crippen LogP contribution in [-0.4, -0.2) is 56.6 Å². The number of aromatic hydroxyl groups is 1. The molecule has 2 aromatic heterocycles. The topological polar surface area (TPSA) is 74.5 Å². The summed E-state index contributed by atoms with van der Waals surface area (Å²) in [7, 11) is 0. The molecular formula is C23H21N5O2. The predicted molar refractivity (Wildman–Crippen MR) is 115 cm³/mol. The first-order valence-corrected chi connectivity index (χ1v) is 9.91. The molecule has 5 rings (SSSR count). The van der Waals surface area contributed by atoms with Gasteiger partial charge in [-0.25, -0.2) is 9.97 Å². The lowest BCUT2D eigenvalue weighted by Gasteiger charge is -2.36. The number of piperazine rings is 1. The standard InChI is InChI=1S/C23H21N5O2/c29-18-8-6-17(7-9-18)26-12-14-27(15-13-26)22(30)20-16-28(23-24-10-3-11-25-23)21-5-2-1-4-19(20)21/h1-11,16,29H,12-15H2. The summed E-state index contributed by atoms with van der Waals surface area (Å²) in [6.45, 7) is 2.77. The second-order valence-corrected chi connectivity index (χ2v) is 7.27. The highest BCUT2D eigenvalue weighted by atomic mass is 16.3. The zero-order valence-corrected chi connectivity index (χ0v) is 16.3. The smallest absolute Gasteiger partial charge is 0.256 e. The summed E-state index contributed by atoms with van der Waals surface area (Å²) >= 11 is 0. The fraction of sp³-hybridized carbons (Fsp3) is 0.174. The van der Waals surface area contributed by atoms with Crippen molar-refractivity contribution >= 4 is 22.5 Å². The molecule has 4 aromatic rings. The fourth-order valence-electron chi connectivity index (χ4n) is 3.93. The van der Waals surface area contributed by atoms with Crippen LogP contribution in [0.4, 0.5) is 5.69 Å². The van der Waals surface area contributed by atoms with Crippen molar-refractivity contribution in [3.63, 3.8) is 0 Å². The zero-order chi connectivity index (χ0) is 20.5. The number of amides is 1. The second kappa shape index (κ2) is 7.51. The van der Waals surface area contributed by atoms with Gasteiger partial charge in [0.25, 0.3) is 5.91 Å². The molecule has 7 heteroatoms. The molecule has 0 radical (unpaired) electrons. The minimum Gasteiger partial charge on any atom is -0.508 e. The van der Waals surface area contributed by atoms with Gasteiger partial charge in [-0.2, -0.15) is 0 Å². The summed E-state index contributed by atoms with van der Waals surface area (Å²) in [6, 6.07) is 16.8. The molecule has 150 valence electrons. The number of nitrogens with zero attached hydrogens (tertiary/aromatic N) is 5. The summed E-state index contributed by atoms with van der Waals surface area (Å²) in [5.74, 6) is 0.822. The van der Waals surface area contributed by atoms with Crippen LogP contribution in [0.25, 0.3) is 16.9 Å². The number of carbonyl (C=O) groups excluding carboxylic acids is 1. The molecule has 0 saturated carbocycles. The van der Waals surface area contributed by atoms with Crippen LogP contribution in [0.5, 0.6) is 5.75 Å². The van der Waals surface area contributed by atoms with Crippen molar-refractivity contribution in [3.05, 3.63) is 78.8 Å². The maximum Gasteiger partial charge on any atom is 0.256 e. The number of para-hydroxylation sites is 1. The molecule has 1 fully saturated rings. The SMILES string of the molecule is O=C(c1cn(-c2ncccn2)c2ccccc12)N1CCN(c2ccc(O)cc2)CC1. The van der Waals surface area contributed by atoms with Crippen molar-refractivity contribution in [2.45, 2.75) is 0 Å². The maximum atomic E-state index is 13.4. The van der Waals surface area contributed by atoms with Crippen molar-refractivity contribution in [1.29, 1.82) is 0 Å². The lowest BCUT2D eigenvalue weighted by atomic mass is 10.1. The van der Waals surface area contributed by atoms with Gasteiger partial charge >= 0.3 is 0 Å². The van der Waals surface area contributed by atoms with Gasteiger partial charge in [0, 0.05) is 55.8 Å². The summed E-state index contributed by atoms with van der Waals surface area (Å²) in [5.41, 5.74) is 2.63. The Morgan fingerprint density at radius 3 is 2.30 bits per heavy atom. The first-order chi connectivity index (χ1) is 14.7. The second-order valence-electron chi connectivity index (χ2n) is 7.27. The minimum absolute atomic E-state index is 0.0197. The molecule has 1 aliphatic heterocycles. The van der Waals surface area contributed by atoms with Gasteiger partial charge in [0.1, 0.15) is 5.75 Å². The van der Waals surface area contributed by atoms with Gasteiger partial charge in [-0.3, -0.25) is 9.36 Å². The van der Waals surface area contributed by atoms with Crippen LogP contribution in [0.2, 0.25) is 0 Å². The highest BCUT2D eigenvalue weighted by Crippen LogP contribution is 2.26. The van der Waals surface area contributed by atoms with E-state index in [1.54, 1.807) is 30.6 Å². The van der Waals surface area contributed by atoms with Crippen molar-refractivity contribution in [2.24, 2.45) is 0 Å². The third-order valence-corrected chi connectivity index (χ3v) is 5.49. The number of phenolic OH excluding ortho intramolecular Hbond substituents is 1. The van der Waals surface area contributed by atoms with Crippen LogP contribution in [0.1, 0.15) is 10.4 Å². The van der Waals surface area contributed by atoms with Crippen molar-refractivity contribution < 1.29 is 9.90 Å². The summed E-state index contributed by atoms with van der Waals surface area (Å²) in [4.78, 5) is 26.2. The lowest BCUT2D eigenvalue weighted by molar-refractivity contribution is 0.0748. The maximum absolute atomic E-state index is 13.4. The Hall–Kier alpha value is -3.87. The van der Waals surface area contributed by atoms with Crippen molar-refractivity contribution in [1.82, 2.24) is 19.4 Å². The predicted octanol–water partition coefficient (Wildman–Crippen LogP) is 3.09. The molecule has 7 nitrogen and oxygen atoms in total. The average molecular weight is 399 g/mol. The van der Waals surface area contributed by atoms with Gasteiger partial charge in [-0.05, 0) is 36.4 Å².